The fourth-order valence-electron chi connectivity index (χ4n) is 2.33. The van der Waals surface area contributed by atoms with Gasteiger partial charge in [0, 0.05) is 29.9 Å². The van der Waals surface area contributed by atoms with Gasteiger partial charge >= 0.3 is 6.09 Å². The molecule has 0 saturated carbocycles. The standard InChI is InChI=1S/C21H26N2O3/c1-4-5-14-23(18-11-7-6-8-12-18)21(25)26-19-13-9-10-17(15-19)22-20(24)16(2)3/h6-13,15-16H,4-5,14H2,1-3H3,(H,22,24). The fourth-order valence-corrected chi connectivity index (χ4v) is 2.33. The van der Waals surface area contributed by atoms with Crippen LogP contribution >= 0.6 is 0 Å². The summed E-state index contributed by atoms with van der Waals surface area (Å²) in [5.41, 5.74) is 1.41. The first-order valence-corrected chi connectivity index (χ1v) is 8.96. The first-order chi connectivity index (χ1) is 12.5. The van der Waals surface area contributed by atoms with Gasteiger partial charge in [0.1, 0.15) is 5.75 Å². The molecule has 0 bridgehead atoms. The minimum Gasteiger partial charge on any atom is -0.410 e. The van der Waals surface area contributed by atoms with Gasteiger partial charge in [-0.25, -0.2) is 4.79 Å². The lowest BCUT2D eigenvalue weighted by Gasteiger charge is -2.22. The highest BCUT2D eigenvalue weighted by Gasteiger charge is 2.18. The van der Waals surface area contributed by atoms with Crippen LogP contribution in [0.15, 0.2) is 54.6 Å². The Morgan fingerprint density at radius 2 is 1.81 bits per heavy atom. The number of benzene rings is 2. The Hall–Kier alpha value is -2.82. The van der Waals surface area contributed by atoms with E-state index in [0.717, 1.165) is 18.5 Å². The Kier molecular flexibility index (Phi) is 7.21. The van der Waals surface area contributed by atoms with Crippen molar-refractivity contribution in [3.05, 3.63) is 54.6 Å². The van der Waals surface area contributed by atoms with Crippen molar-refractivity contribution < 1.29 is 14.3 Å². The van der Waals surface area contributed by atoms with Crippen LogP contribution in [0.2, 0.25) is 0 Å². The molecule has 2 amide bonds. The zero-order chi connectivity index (χ0) is 18.9. The van der Waals surface area contributed by atoms with E-state index in [1.54, 1.807) is 29.2 Å². The van der Waals surface area contributed by atoms with Gasteiger partial charge in [0.05, 0.1) is 0 Å². The second kappa shape index (κ2) is 9.61. The number of unbranched alkanes of at least 4 members (excludes halogenated alkanes) is 1. The summed E-state index contributed by atoms with van der Waals surface area (Å²) in [6.07, 6.45) is 1.43. The topological polar surface area (TPSA) is 58.6 Å². The fraction of sp³-hybridized carbons (Fsp3) is 0.333. The van der Waals surface area contributed by atoms with Gasteiger partial charge in [-0.05, 0) is 30.7 Å². The number of nitrogens with one attached hydrogen (secondary N) is 1. The predicted octanol–water partition coefficient (Wildman–Crippen LogP) is 5.09. The largest absolute Gasteiger partial charge is 0.419 e. The number of nitrogens with zero attached hydrogens (tertiary/aromatic N) is 1. The molecular formula is C21H26N2O3. The Morgan fingerprint density at radius 1 is 1.08 bits per heavy atom. The maximum absolute atomic E-state index is 12.7. The molecule has 26 heavy (non-hydrogen) atoms. The lowest BCUT2D eigenvalue weighted by Crippen LogP contribution is -2.34. The second-order valence-electron chi connectivity index (χ2n) is 6.38. The van der Waals surface area contributed by atoms with Crippen LogP contribution in [0.4, 0.5) is 16.2 Å². The molecule has 0 aromatic heterocycles. The van der Waals surface area contributed by atoms with E-state index in [0.29, 0.717) is 18.0 Å². The van der Waals surface area contributed by atoms with Gasteiger partial charge < -0.3 is 10.1 Å². The number of carbonyl (C=O) groups excluding carboxylic acids is 2. The predicted molar refractivity (Wildman–Crippen MR) is 105 cm³/mol. The number of rotatable bonds is 7. The molecule has 0 unspecified atom stereocenters. The summed E-state index contributed by atoms with van der Waals surface area (Å²) in [6.45, 7) is 6.31. The molecule has 0 spiro atoms. The molecule has 2 aromatic rings. The average Bonchev–Trinajstić information content (AvgIpc) is 2.63. The molecule has 0 aliphatic rings. The van der Waals surface area contributed by atoms with Gasteiger partial charge in [-0.15, -0.1) is 0 Å². The minimum absolute atomic E-state index is 0.0812. The zero-order valence-electron chi connectivity index (χ0n) is 15.6. The van der Waals surface area contributed by atoms with E-state index in [9.17, 15) is 9.59 Å². The molecule has 2 rings (SSSR count). The van der Waals surface area contributed by atoms with Crippen LogP contribution in [-0.4, -0.2) is 18.5 Å². The van der Waals surface area contributed by atoms with Crippen molar-refractivity contribution in [1.82, 2.24) is 0 Å². The van der Waals surface area contributed by atoms with E-state index in [1.165, 1.54) is 0 Å². The maximum atomic E-state index is 12.7. The van der Waals surface area contributed by atoms with E-state index in [-0.39, 0.29) is 11.8 Å². The monoisotopic (exact) mass is 354 g/mol. The molecule has 0 atom stereocenters. The van der Waals surface area contributed by atoms with Crippen molar-refractivity contribution >= 4 is 23.4 Å². The van der Waals surface area contributed by atoms with E-state index in [2.05, 4.69) is 12.2 Å². The Morgan fingerprint density at radius 3 is 2.46 bits per heavy atom. The van der Waals surface area contributed by atoms with Crippen molar-refractivity contribution in [3.8, 4) is 5.75 Å². The Labute approximate surface area is 155 Å². The third-order valence-corrected chi connectivity index (χ3v) is 3.85. The van der Waals surface area contributed by atoms with Crippen molar-refractivity contribution in [3.63, 3.8) is 0 Å². The van der Waals surface area contributed by atoms with Gasteiger partial charge in [0.2, 0.25) is 5.91 Å². The molecule has 0 heterocycles. The molecule has 0 radical (unpaired) electrons. The summed E-state index contributed by atoms with van der Waals surface area (Å²) < 4.78 is 5.55. The van der Waals surface area contributed by atoms with Crippen LogP contribution < -0.4 is 15.0 Å². The van der Waals surface area contributed by atoms with Gasteiger partial charge in [-0.2, -0.15) is 0 Å². The number of anilines is 2. The molecule has 5 nitrogen and oxygen atoms in total. The minimum atomic E-state index is -0.433. The summed E-state index contributed by atoms with van der Waals surface area (Å²) in [7, 11) is 0. The molecule has 5 heteroatoms. The highest BCUT2D eigenvalue weighted by atomic mass is 16.6. The van der Waals surface area contributed by atoms with E-state index in [1.807, 2.05) is 44.2 Å². The van der Waals surface area contributed by atoms with Crippen LogP contribution in [0.5, 0.6) is 5.75 Å². The average molecular weight is 354 g/mol. The van der Waals surface area contributed by atoms with Crippen LogP contribution in [0.1, 0.15) is 33.6 Å². The lowest BCUT2D eigenvalue weighted by atomic mass is 10.2. The van der Waals surface area contributed by atoms with Crippen LogP contribution in [-0.2, 0) is 4.79 Å². The molecular weight excluding hydrogens is 328 g/mol. The lowest BCUT2D eigenvalue weighted by molar-refractivity contribution is -0.118. The van der Waals surface area contributed by atoms with Gasteiger partial charge in [0.25, 0.3) is 0 Å². The highest BCUT2D eigenvalue weighted by Crippen LogP contribution is 2.21. The van der Waals surface area contributed by atoms with Gasteiger partial charge in [0.15, 0.2) is 0 Å². The normalized spacial score (nSPS) is 10.5. The summed E-state index contributed by atoms with van der Waals surface area (Å²) in [5, 5.41) is 2.81. The van der Waals surface area contributed by atoms with E-state index < -0.39 is 6.09 Å². The van der Waals surface area contributed by atoms with Crippen molar-refractivity contribution in [2.24, 2.45) is 5.92 Å². The van der Waals surface area contributed by atoms with Crippen LogP contribution in [0.25, 0.3) is 0 Å². The maximum Gasteiger partial charge on any atom is 0.419 e. The van der Waals surface area contributed by atoms with E-state index >= 15 is 0 Å². The number of hydrogen-bond acceptors (Lipinski definition) is 3. The molecule has 0 aliphatic carbocycles. The number of amides is 2. The summed E-state index contributed by atoms with van der Waals surface area (Å²) in [5.74, 6) is 0.195. The van der Waals surface area contributed by atoms with Gasteiger partial charge in [-0.3, -0.25) is 9.69 Å². The summed E-state index contributed by atoms with van der Waals surface area (Å²) in [4.78, 5) is 26.1. The van der Waals surface area contributed by atoms with Crippen molar-refractivity contribution in [2.45, 2.75) is 33.6 Å². The number of para-hydroxylation sites is 1. The Balaban J connectivity index is 2.12. The number of ether oxygens (including phenoxy) is 1. The van der Waals surface area contributed by atoms with Crippen molar-refractivity contribution in [1.29, 1.82) is 0 Å². The smallest absolute Gasteiger partial charge is 0.410 e. The Bertz CT molecular complexity index is 729. The quantitative estimate of drug-likeness (QED) is 0.754. The highest BCUT2D eigenvalue weighted by molar-refractivity contribution is 5.92. The molecule has 0 saturated heterocycles. The molecule has 1 N–H and O–H groups in total. The number of carbonyl (C=O) groups is 2. The third-order valence-electron chi connectivity index (χ3n) is 3.85. The summed E-state index contributed by atoms with van der Waals surface area (Å²) in [6, 6.07) is 16.3. The van der Waals surface area contributed by atoms with Crippen LogP contribution in [0, 0.1) is 5.92 Å². The van der Waals surface area contributed by atoms with E-state index in [4.69, 9.17) is 4.74 Å². The number of hydrogen-bond donors (Lipinski definition) is 1. The third kappa shape index (κ3) is 5.62. The van der Waals surface area contributed by atoms with Gasteiger partial charge in [-0.1, -0.05) is 51.5 Å². The molecule has 0 aliphatic heterocycles. The zero-order valence-corrected chi connectivity index (χ0v) is 15.6. The first-order valence-electron chi connectivity index (χ1n) is 8.96. The molecule has 0 fully saturated rings. The summed E-state index contributed by atoms with van der Waals surface area (Å²) >= 11 is 0. The second-order valence-corrected chi connectivity index (χ2v) is 6.38. The molecule has 2 aromatic carbocycles. The van der Waals surface area contributed by atoms with Crippen LogP contribution in [0.3, 0.4) is 0 Å². The molecule has 138 valence electrons. The SMILES string of the molecule is CCCCN(C(=O)Oc1cccc(NC(=O)C(C)C)c1)c1ccccc1. The first kappa shape index (κ1) is 19.5. The van der Waals surface area contributed by atoms with Crippen molar-refractivity contribution in [2.75, 3.05) is 16.8 Å².